The van der Waals surface area contributed by atoms with Gasteiger partial charge in [-0.15, -0.1) is 0 Å². The van der Waals surface area contributed by atoms with Crippen molar-refractivity contribution in [3.63, 3.8) is 0 Å². The van der Waals surface area contributed by atoms with Crippen LogP contribution in [0.25, 0.3) is 10.8 Å². The Kier molecular flexibility index (Phi) is 4.47. The monoisotopic (exact) mass is 258 g/mol. The van der Waals surface area contributed by atoms with Crippen LogP contribution in [-0.2, 0) is 9.53 Å². The molecule has 1 unspecified atom stereocenters. The van der Waals surface area contributed by atoms with Crippen molar-refractivity contribution in [1.82, 2.24) is 10.3 Å². The zero-order valence-electron chi connectivity index (χ0n) is 11.2. The number of pyridine rings is 1. The Morgan fingerprint density at radius 3 is 2.84 bits per heavy atom. The first-order valence-electron chi connectivity index (χ1n) is 6.50. The van der Waals surface area contributed by atoms with Gasteiger partial charge in [-0.3, -0.25) is 4.98 Å². The van der Waals surface area contributed by atoms with Gasteiger partial charge in [0.2, 0.25) is 0 Å². The lowest BCUT2D eigenvalue weighted by atomic mass is 10.0. The van der Waals surface area contributed by atoms with E-state index in [2.05, 4.69) is 10.3 Å². The molecule has 1 N–H and O–H groups in total. The molecule has 1 atom stereocenters. The minimum Gasteiger partial charge on any atom is -0.465 e. The third-order valence-corrected chi connectivity index (χ3v) is 2.94. The number of nitrogens with zero attached hydrogens (tertiary/aromatic N) is 1. The smallest absolute Gasteiger partial charge is 0.327 e. The van der Waals surface area contributed by atoms with E-state index in [0.29, 0.717) is 13.2 Å². The van der Waals surface area contributed by atoms with E-state index in [1.54, 1.807) is 12.4 Å². The number of benzene rings is 1. The Labute approximate surface area is 112 Å². The minimum absolute atomic E-state index is 0.262. The molecule has 2 rings (SSSR count). The zero-order chi connectivity index (χ0) is 13.7. The molecule has 0 aliphatic rings. The summed E-state index contributed by atoms with van der Waals surface area (Å²) in [6.07, 6.45) is 3.53. The molecule has 19 heavy (non-hydrogen) atoms. The van der Waals surface area contributed by atoms with Crippen LogP contribution in [0.5, 0.6) is 0 Å². The third-order valence-electron chi connectivity index (χ3n) is 2.94. The summed E-state index contributed by atoms with van der Waals surface area (Å²) in [6, 6.07) is 7.43. The number of nitrogens with one attached hydrogen (secondary N) is 1. The van der Waals surface area contributed by atoms with Gasteiger partial charge in [0.15, 0.2) is 0 Å². The number of fused-ring (bicyclic) bond motifs is 1. The lowest BCUT2D eigenvalue weighted by Gasteiger charge is -2.18. The van der Waals surface area contributed by atoms with Crippen LogP contribution < -0.4 is 5.32 Å². The topological polar surface area (TPSA) is 51.2 Å². The van der Waals surface area contributed by atoms with Gasteiger partial charge in [-0.25, -0.2) is 4.79 Å². The number of carbonyl (C=O) groups is 1. The normalized spacial score (nSPS) is 12.3. The van der Waals surface area contributed by atoms with Crippen LogP contribution in [0.1, 0.15) is 25.5 Å². The number of ether oxygens (including phenoxy) is 1. The Hall–Kier alpha value is -1.94. The van der Waals surface area contributed by atoms with Crippen LogP contribution >= 0.6 is 0 Å². The van der Waals surface area contributed by atoms with E-state index in [1.807, 2.05) is 38.1 Å². The Balaban J connectivity index is 2.46. The molecule has 0 saturated carbocycles. The van der Waals surface area contributed by atoms with Crippen molar-refractivity contribution in [3.05, 3.63) is 42.2 Å². The molecule has 1 aromatic carbocycles. The first kappa shape index (κ1) is 13.5. The van der Waals surface area contributed by atoms with Gasteiger partial charge in [0.25, 0.3) is 0 Å². The van der Waals surface area contributed by atoms with Crippen molar-refractivity contribution in [3.8, 4) is 0 Å². The van der Waals surface area contributed by atoms with Crippen molar-refractivity contribution in [2.24, 2.45) is 0 Å². The highest BCUT2D eigenvalue weighted by Crippen LogP contribution is 2.24. The van der Waals surface area contributed by atoms with E-state index < -0.39 is 6.04 Å². The molecule has 4 nitrogen and oxygen atoms in total. The van der Waals surface area contributed by atoms with Gasteiger partial charge in [0.1, 0.15) is 6.04 Å². The van der Waals surface area contributed by atoms with Gasteiger partial charge in [-0.1, -0.05) is 31.2 Å². The molecule has 0 aliphatic heterocycles. The van der Waals surface area contributed by atoms with Gasteiger partial charge < -0.3 is 10.1 Å². The highest BCUT2D eigenvalue weighted by Gasteiger charge is 2.22. The second kappa shape index (κ2) is 6.29. The quantitative estimate of drug-likeness (QED) is 0.837. The molecule has 0 spiro atoms. The predicted molar refractivity (Wildman–Crippen MR) is 74.8 cm³/mol. The summed E-state index contributed by atoms with van der Waals surface area (Å²) in [7, 11) is 0. The van der Waals surface area contributed by atoms with Crippen LogP contribution in [0.4, 0.5) is 0 Å². The summed E-state index contributed by atoms with van der Waals surface area (Å²) in [4.78, 5) is 16.3. The molecule has 0 amide bonds. The maximum absolute atomic E-state index is 12.1. The first-order chi connectivity index (χ1) is 9.27. The number of hydrogen-bond donors (Lipinski definition) is 1. The zero-order valence-corrected chi connectivity index (χ0v) is 11.2. The molecule has 100 valence electrons. The number of aromatic nitrogens is 1. The number of hydrogen-bond acceptors (Lipinski definition) is 4. The van der Waals surface area contributed by atoms with Crippen molar-refractivity contribution in [2.75, 3.05) is 13.2 Å². The molecule has 0 fully saturated rings. The Morgan fingerprint density at radius 1 is 1.32 bits per heavy atom. The van der Waals surface area contributed by atoms with Gasteiger partial charge in [0.05, 0.1) is 6.61 Å². The largest absolute Gasteiger partial charge is 0.465 e. The van der Waals surface area contributed by atoms with Crippen molar-refractivity contribution in [2.45, 2.75) is 19.9 Å². The fourth-order valence-corrected chi connectivity index (χ4v) is 2.12. The number of carbonyl (C=O) groups excluding carboxylic acids is 1. The average Bonchev–Trinajstić information content (AvgIpc) is 2.44. The molecule has 0 aliphatic carbocycles. The first-order valence-corrected chi connectivity index (χ1v) is 6.50. The van der Waals surface area contributed by atoms with Crippen molar-refractivity contribution < 1.29 is 9.53 Å². The summed E-state index contributed by atoms with van der Waals surface area (Å²) in [5.74, 6) is -0.262. The number of likely N-dealkylation sites (N-methyl/N-ethyl adjacent to an activating group) is 1. The van der Waals surface area contributed by atoms with E-state index in [0.717, 1.165) is 16.3 Å². The second-order valence-corrected chi connectivity index (χ2v) is 4.19. The van der Waals surface area contributed by atoms with Gasteiger partial charge in [-0.05, 0) is 18.9 Å². The fourth-order valence-electron chi connectivity index (χ4n) is 2.12. The Bertz CT molecular complexity index is 564. The van der Waals surface area contributed by atoms with E-state index >= 15 is 0 Å². The number of esters is 1. The molecular formula is C15H18N2O2. The van der Waals surface area contributed by atoms with Gasteiger partial charge in [-0.2, -0.15) is 0 Å². The molecule has 1 aromatic heterocycles. The molecular weight excluding hydrogens is 240 g/mol. The average molecular weight is 258 g/mol. The molecule has 0 bridgehead atoms. The third kappa shape index (κ3) is 2.90. The van der Waals surface area contributed by atoms with Crippen molar-refractivity contribution in [1.29, 1.82) is 0 Å². The predicted octanol–water partition coefficient (Wildman–Crippen LogP) is 2.45. The summed E-state index contributed by atoms with van der Waals surface area (Å²) >= 11 is 0. The summed E-state index contributed by atoms with van der Waals surface area (Å²) in [6.45, 7) is 4.83. The molecule has 2 aromatic rings. The van der Waals surface area contributed by atoms with E-state index in [1.165, 1.54) is 0 Å². The summed E-state index contributed by atoms with van der Waals surface area (Å²) in [5.41, 5.74) is 0.860. The lowest BCUT2D eigenvalue weighted by molar-refractivity contribution is -0.145. The standard InChI is InChI=1S/C15H18N2O2/c1-3-17-14(15(18)19-4-2)13-10-16-9-11-7-5-6-8-12(11)13/h5-10,14,17H,3-4H2,1-2H3. The highest BCUT2D eigenvalue weighted by atomic mass is 16.5. The molecule has 1 heterocycles. The second-order valence-electron chi connectivity index (χ2n) is 4.19. The SMILES string of the molecule is CCNC(C(=O)OCC)c1cncc2ccccc12. The van der Waals surface area contributed by atoms with E-state index in [4.69, 9.17) is 4.74 Å². The Morgan fingerprint density at radius 2 is 2.11 bits per heavy atom. The van der Waals surface area contributed by atoms with Crippen LogP contribution in [0.3, 0.4) is 0 Å². The summed E-state index contributed by atoms with van der Waals surface area (Å²) in [5, 5.41) is 5.21. The van der Waals surface area contributed by atoms with Gasteiger partial charge >= 0.3 is 5.97 Å². The maximum atomic E-state index is 12.1. The number of rotatable bonds is 5. The van der Waals surface area contributed by atoms with Crippen LogP contribution in [0.2, 0.25) is 0 Å². The maximum Gasteiger partial charge on any atom is 0.327 e. The van der Waals surface area contributed by atoms with Crippen LogP contribution in [-0.4, -0.2) is 24.1 Å². The van der Waals surface area contributed by atoms with Gasteiger partial charge in [0, 0.05) is 23.3 Å². The van der Waals surface area contributed by atoms with Crippen molar-refractivity contribution >= 4 is 16.7 Å². The summed E-state index contributed by atoms with van der Waals surface area (Å²) < 4.78 is 5.13. The van der Waals surface area contributed by atoms with Crippen LogP contribution in [0, 0.1) is 0 Å². The van der Waals surface area contributed by atoms with Crippen LogP contribution in [0.15, 0.2) is 36.7 Å². The highest BCUT2D eigenvalue weighted by molar-refractivity contribution is 5.90. The molecule has 0 saturated heterocycles. The van der Waals surface area contributed by atoms with E-state index in [-0.39, 0.29) is 5.97 Å². The fraction of sp³-hybridized carbons (Fsp3) is 0.333. The van der Waals surface area contributed by atoms with E-state index in [9.17, 15) is 4.79 Å². The lowest BCUT2D eigenvalue weighted by Crippen LogP contribution is -2.30. The molecule has 4 heteroatoms. The molecule has 0 radical (unpaired) electrons. The minimum atomic E-state index is -0.469.